The molecule has 0 saturated heterocycles. The molecule has 0 bridgehead atoms. The maximum Gasteiger partial charge on any atom is 0.322 e. The number of carboxylic acid groups (broad SMARTS) is 3. The number of carboxylic acids is 3. The molecule has 0 fully saturated rings. The van der Waals surface area contributed by atoms with E-state index in [1.54, 1.807) is 0 Å². The summed E-state index contributed by atoms with van der Waals surface area (Å²) in [6, 6.07) is -5.10. The van der Waals surface area contributed by atoms with E-state index in [9.17, 15) is 63.3 Å². The number of aliphatic hydroxyl groups is 1. The van der Waals surface area contributed by atoms with Crippen LogP contribution >= 0.6 is 0 Å². The molecule has 7 atom stereocenters. The number of carbonyl (C=O) groups excluding carboxylic acids is 7. The topological polar surface area (TPSA) is 446 Å². The zero-order valence-corrected chi connectivity index (χ0v) is 34.8. The van der Waals surface area contributed by atoms with Crippen molar-refractivity contribution in [1.82, 2.24) is 37.2 Å². The predicted octanol–water partition coefficient (Wildman–Crippen LogP) is -5.57. The molecule has 0 aromatic heterocycles. The number of phenols is 1. The Kier molecular flexibility index (Phi) is 23.1. The van der Waals surface area contributed by atoms with Crippen molar-refractivity contribution < 1.29 is 73.5 Å². The van der Waals surface area contributed by atoms with Crippen molar-refractivity contribution in [2.75, 3.05) is 19.7 Å². The van der Waals surface area contributed by atoms with E-state index in [0.717, 1.165) is 0 Å². The van der Waals surface area contributed by atoms with Crippen LogP contribution in [0.4, 0.5) is 0 Å². The van der Waals surface area contributed by atoms with Gasteiger partial charge in [0.05, 0.1) is 19.1 Å². The van der Waals surface area contributed by atoms with Crippen LogP contribution < -0.4 is 54.4 Å². The van der Waals surface area contributed by atoms with Crippen LogP contribution in [0.2, 0.25) is 0 Å². The van der Waals surface area contributed by atoms with Gasteiger partial charge in [0.25, 0.3) is 0 Å². The minimum absolute atomic E-state index is 0.0747. The summed E-state index contributed by atoms with van der Waals surface area (Å²) in [6.07, 6.45) is -1.83. The van der Waals surface area contributed by atoms with E-state index in [1.165, 1.54) is 45.0 Å². The minimum Gasteiger partial charge on any atom is -0.508 e. The number of guanidine groups is 1. The average molecular weight is 896 g/mol. The monoisotopic (exact) mass is 895 g/mol. The molecule has 0 saturated carbocycles. The lowest BCUT2D eigenvalue weighted by atomic mass is 10.0. The summed E-state index contributed by atoms with van der Waals surface area (Å²) in [7, 11) is 0. The number of rotatable bonds is 28. The normalized spacial score (nSPS) is 14.1. The van der Waals surface area contributed by atoms with Crippen LogP contribution in [-0.2, 0) is 54.4 Å². The van der Waals surface area contributed by atoms with Gasteiger partial charge >= 0.3 is 17.9 Å². The second-order valence-corrected chi connectivity index (χ2v) is 14.5. The number of carbonyl (C=O) groups is 10. The molecule has 7 amide bonds. The molecule has 26 nitrogen and oxygen atoms in total. The van der Waals surface area contributed by atoms with Gasteiger partial charge in [-0.1, -0.05) is 26.0 Å². The van der Waals surface area contributed by atoms with Crippen molar-refractivity contribution in [2.24, 2.45) is 28.1 Å². The highest BCUT2D eigenvalue weighted by Crippen LogP contribution is 2.12. The third-order valence-corrected chi connectivity index (χ3v) is 8.83. The summed E-state index contributed by atoms with van der Waals surface area (Å²) in [5.41, 5.74) is 17.1. The first kappa shape index (κ1) is 53.9. The molecule has 0 aliphatic heterocycles. The Morgan fingerprint density at radius 2 is 1.19 bits per heavy atom. The Hall–Kier alpha value is -7.09. The molecule has 26 heteroatoms. The van der Waals surface area contributed by atoms with Crippen molar-refractivity contribution in [3.8, 4) is 5.75 Å². The first-order valence-electron chi connectivity index (χ1n) is 19.4. The summed E-state index contributed by atoms with van der Waals surface area (Å²) in [6.45, 7) is 2.33. The highest BCUT2D eigenvalue weighted by atomic mass is 16.4. The average Bonchev–Trinajstić information content (AvgIpc) is 3.20. The summed E-state index contributed by atoms with van der Waals surface area (Å²) in [4.78, 5) is 130. The van der Waals surface area contributed by atoms with E-state index in [4.69, 9.17) is 27.4 Å². The molecule has 63 heavy (non-hydrogen) atoms. The zero-order valence-electron chi connectivity index (χ0n) is 34.8. The second kappa shape index (κ2) is 27.0. The molecule has 0 radical (unpaired) electrons. The van der Waals surface area contributed by atoms with Gasteiger partial charge in [0.15, 0.2) is 5.96 Å². The first-order valence-corrected chi connectivity index (χ1v) is 19.4. The van der Waals surface area contributed by atoms with E-state index in [-0.39, 0.29) is 31.1 Å². The lowest BCUT2D eigenvalue weighted by molar-refractivity contribution is -0.142. The van der Waals surface area contributed by atoms with Crippen molar-refractivity contribution in [2.45, 2.75) is 102 Å². The van der Waals surface area contributed by atoms with Gasteiger partial charge in [-0.3, -0.25) is 52.9 Å². The fourth-order valence-corrected chi connectivity index (χ4v) is 5.41. The van der Waals surface area contributed by atoms with Crippen LogP contribution in [0.5, 0.6) is 5.75 Å². The van der Waals surface area contributed by atoms with E-state index in [2.05, 4.69) is 36.9 Å². The molecule has 1 aromatic carbocycles. The number of hydrogen-bond acceptors (Lipinski definition) is 14. The van der Waals surface area contributed by atoms with Crippen LogP contribution in [0.1, 0.15) is 58.4 Å². The predicted molar refractivity (Wildman–Crippen MR) is 219 cm³/mol. The van der Waals surface area contributed by atoms with Crippen molar-refractivity contribution in [3.63, 3.8) is 0 Å². The van der Waals surface area contributed by atoms with Gasteiger partial charge in [-0.25, -0.2) is 0 Å². The van der Waals surface area contributed by atoms with Crippen molar-refractivity contribution in [3.05, 3.63) is 29.8 Å². The zero-order chi connectivity index (χ0) is 48.0. The smallest absolute Gasteiger partial charge is 0.322 e. The highest BCUT2D eigenvalue weighted by molar-refractivity contribution is 5.98. The molecule has 0 aliphatic rings. The van der Waals surface area contributed by atoms with Gasteiger partial charge in [0.2, 0.25) is 41.4 Å². The summed E-state index contributed by atoms with van der Waals surface area (Å²) in [5, 5.41) is 62.8. The Labute approximate surface area is 360 Å². The Balaban J connectivity index is 3.14. The number of nitrogens with zero attached hydrogens (tertiary/aromatic N) is 1. The molecular formula is C37H57N11O15. The van der Waals surface area contributed by atoms with E-state index >= 15 is 0 Å². The van der Waals surface area contributed by atoms with Gasteiger partial charge in [-0.15, -0.1) is 0 Å². The SMILES string of the molecule is CC(C)[C@H](NC(=O)[C@H](CO)NC(=O)[C@H](CC(=O)O)NC(=O)[C@H](C)NC(=O)[C@H](Cc1ccc(O)cc1)NC(=O)[C@@H](N)CCCN=C(N)N)C(=O)N[C@@H](CCC(=O)O)C(=O)NCC(=O)O. The molecule has 1 aromatic rings. The number of hydrogen-bond donors (Lipinski definition) is 15. The first-order chi connectivity index (χ1) is 29.4. The molecular weight excluding hydrogens is 838 g/mol. The maximum absolute atomic E-state index is 13.5. The Morgan fingerprint density at radius 1 is 0.635 bits per heavy atom. The Morgan fingerprint density at radius 3 is 1.73 bits per heavy atom. The van der Waals surface area contributed by atoms with E-state index in [1.807, 2.05) is 5.32 Å². The molecule has 350 valence electrons. The number of benzene rings is 1. The standard InChI is InChI=1S/C37H57N11O15/c1-17(2)29(36(63)44-22(10-11-26(51)52)32(59)42-15-28(55)56)48-35(62)25(16-49)47-34(61)24(14-27(53)54)45-30(57)18(3)43-33(60)23(13-19-6-8-20(50)9-7-19)46-31(58)21(38)5-4-12-41-37(39)40/h6-9,17-18,21-25,29,49-50H,4-5,10-16,38H2,1-3H3,(H,42,59)(H,43,60)(H,44,63)(H,45,57)(H,46,58)(H,47,61)(H,48,62)(H,51,52)(H,53,54)(H,55,56)(H4,39,40,41)/t18-,21-,22-,23-,24-,25-,29-/m0/s1. The van der Waals surface area contributed by atoms with E-state index in [0.29, 0.717) is 12.0 Å². The third-order valence-electron chi connectivity index (χ3n) is 8.83. The molecule has 0 spiro atoms. The number of aliphatic hydroxyl groups excluding tert-OH is 1. The van der Waals surface area contributed by atoms with Gasteiger partial charge in [0, 0.05) is 19.4 Å². The number of phenolic OH excluding ortho intramolecular Hbond substituents is 1. The van der Waals surface area contributed by atoms with Gasteiger partial charge < -0.3 is 80.0 Å². The van der Waals surface area contributed by atoms with Crippen LogP contribution in [-0.4, -0.2) is 153 Å². The fourth-order valence-electron chi connectivity index (χ4n) is 5.41. The van der Waals surface area contributed by atoms with Crippen molar-refractivity contribution in [1.29, 1.82) is 0 Å². The van der Waals surface area contributed by atoms with Crippen molar-refractivity contribution >= 4 is 65.2 Å². The number of aliphatic imine (C=N–C) groups is 1. The van der Waals surface area contributed by atoms with Gasteiger partial charge in [-0.05, 0) is 49.8 Å². The molecule has 0 aliphatic carbocycles. The third kappa shape index (κ3) is 20.8. The van der Waals surface area contributed by atoms with Gasteiger partial charge in [0.1, 0.15) is 48.5 Å². The van der Waals surface area contributed by atoms with Crippen LogP contribution in [0.3, 0.4) is 0 Å². The molecule has 0 unspecified atom stereocenters. The number of aliphatic carboxylic acids is 3. The summed E-state index contributed by atoms with van der Waals surface area (Å²) >= 11 is 0. The quantitative estimate of drug-likeness (QED) is 0.0212. The lowest BCUT2D eigenvalue weighted by Crippen LogP contribution is -2.61. The number of nitrogens with one attached hydrogen (secondary N) is 7. The fraction of sp³-hybridized carbons (Fsp3) is 0.541. The minimum atomic E-state index is -1.91. The van der Waals surface area contributed by atoms with E-state index < -0.39 is 140 Å². The molecule has 0 heterocycles. The Bertz CT molecular complexity index is 1820. The number of aromatic hydroxyl groups is 1. The number of amides is 7. The highest BCUT2D eigenvalue weighted by Gasteiger charge is 2.34. The molecule has 18 N–H and O–H groups in total. The second-order valence-electron chi connectivity index (χ2n) is 14.5. The summed E-state index contributed by atoms with van der Waals surface area (Å²) < 4.78 is 0. The van der Waals surface area contributed by atoms with Crippen LogP contribution in [0, 0.1) is 5.92 Å². The summed E-state index contributed by atoms with van der Waals surface area (Å²) in [5.74, 6) is -12.6. The van der Waals surface area contributed by atoms with Crippen LogP contribution in [0.15, 0.2) is 29.3 Å². The van der Waals surface area contributed by atoms with Crippen LogP contribution in [0.25, 0.3) is 0 Å². The molecule has 1 rings (SSSR count). The number of nitrogens with two attached hydrogens (primary N) is 3. The van der Waals surface area contributed by atoms with Gasteiger partial charge in [-0.2, -0.15) is 0 Å². The largest absolute Gasteiger partial charge is 0.508 e. The lowest BCUT2D eigenvalue weighted by Gasteiger charge is -2.27. The maximum atomic E-state index is 13.5.